The van der Waals surface area contributed by atoms with E-state index in [4.69, 9.17) is 4.74 Å². The summed E-state index contributed by atoms with van der Waals surface area (Å²) in [5, 5.41) is 7.54. The van der Waals surface area contributed by atoms with Gasteiger partial charge in [0.25, 0.3) is 0 Å². The second kappa shape index (κ2) is 5.30. The van der Waals surface area contributed by atoms with Crippen LogP contribution in [0.15, 0.2) is 61.3 Å². The Morgan fingerprint density at radius 2 is 1.74 bits per heavy atom. The summed E-state index contributed by atoms with van der Waals surface area (Å²) in [6.45, 7) is 0.465. The molecule has 19 heavy (non-hydrogen) atoms. The molecule has 0 fully saturated rings. The van der Waals surface area contributed by atoms with E-state index < -0.39 is 0 Å². The highest BCUT2D eigenvalue weighted by Gasteiger charge is 1.99. The summed E-state index contributed by atoms with van der Waals surface area (Å²) in [5.74, 6) is 0.808. The molecule has 0 amide bonds. The number of hydrogen-bond donors (Lipinski definition) is 0. The monoisotopic (exact) mass is 252 g/mol. The van der Waals surface area contributed by atoms with Crippen molar-refractivity contribution >= 4 is 0 Å². The molecule has 0 aliphatic rings. The largest absolute Gasteiger partial charge is 0.487 e. The Morgan fingerprint density at radius 3 is 2.42 bits per heavy atom. The molecule has 0 unspecified atom stereocenters. The lowest BCUT2D eigenvalue weighted by Gasteiger charge is -2.06. The maximum absolute atomic E-state index is 5.66. The molecular formula is C14H12N4O. The Bertz CT molecular complexity index is 620. The van der Waals surface area contributed by atoms with E-state index in [0.29, 0.717) is 6.61 Å². The molecule has 5 nitrogen and oxygen atoms in total. The van der Waals surface area contributed by atoms with Crippen LogP contribution in [0, 0.1) is 0 Å². The smallest absolute Gasteiger partial charge is 0.130 e. The van der Waals surface area contributed by atoms with Gasteiger partial charge >= 0.3 is 0 Å². The highest BCUT2D eigenvalue weighted by molar-refractivity contribution is 5.36. The third kappa shape index (κ3) is 2.77. The molecule has 3 rings (SSSR count). The van der Waals surface area contributed by atoms with Gasteiger partial charge in [-0.15, -0.1) is 10.2 Å². The topological polar surface area (TPSA) is 52.8 Å². The first-order chi connectivity index (χ1) is 9.42. The van der Waals surface area contributed by atoms with Gasteiger partial charge in [-0.3, -0.25) is 9.55 Å². The number of pyridine rings is 1. The second-order valence-corrected chi connectivity index (χ2v) is 3.97. The average Bonchev–Trinajstić information content (AvgIpc) is 3.01. The van der Waals surface area contributed by atoms with E-state index in [1.807, 2.05) is 47.0 Å². The maximum atomic E-state index is 5.66. The van der Waals surface area contributed by atoms with Crippen LogP contribution in [0.25, 0.3) is 5.69 Å². The fraction of sp³-hybridized carbons (Fsp3) is 0.0714. The highest BCUT2D eigenvalue weighted by Crippen LogP contribution is 2.15. The van der Waals surface area contributed by atoms with Crippen LogP contribution in [0.2, 0.25) is 0 Å². The van der Waals surface area contributed by atoms with Crippen LogP contribution in [-0.2, 0) is 6.61 Å². The molecule has 1 aromatic carbocycles. The van der Waals surface area contributed by atoms with Crippen molar-refractivity contribution in [3.8, 4) is 11.4 Å². The first kappa shape index (κ1) is 11.4. The zero-order valence-electron chi connectivity index (χ0n) is 10.2. The lowest BCUT2D eigenvalue weighted by atomic mass is 10.3. The SMILES string of the molecule is c1ccc(COc2ccc(-n3cnnc3)cc2)nc1. The summed E-state index contributed by atoms with van der Waals surface area (Å²) in [6, 6.07) is 13.5. The Hall–Kier alpha value is -2.69. The number of nitrogens with zero attached hydrogens (tertiary/aromatic N) is 4. The molecule has 0 radical (unpaired) electrons. The lowest BCUT2D eigenvalue weighted by Crippen LogP contribution is -1.97. The van der Waals surface area contributed by atoms with Gasteiger partial charge in [-0.2, -0.15) is 0 Å². The Kier molecular flexibility index (Phi) is 3.18. The maximum Gasteiger partial charge on any atom is 0.130 e. The van der Waals surface area contributed by atoms with Crippen molar-refractivity contribution in [2.24, 2.45) is 0 Å². The Labute approximate surface area is 110 Å². The van der Waals surface area contributed by atoms with Gasteiger partial charge in [-0.1, -0.05) is 6.07 Å². The fourth-order valence-electron chi connectivity index (χ4n) is 1.69. The van der Waals surface area contributed by atoms with Gasteiger partial charge in [-0.25, -0.2) is 0 Å². The van der Waals surface area contributed by atoms with Gasteiger partial charge in [0.2, 0.25) is 0 Å². The van der Waals surface area contributed by atoms with E-state index in [0.717, 1.165) is 17.1 Å². The highest BCUT2D eigenvalue weighted by atomic mass is 16.5. The van der Waals surface area contributed by atoms with Gasteiger partial charge in [0.15, 0.2) is 0 Å². The van der Waals surface area contributed by atoms with Gasteiger partial charge in [0.1, 0.15) is 25.0 Å². The molecule has 0 spiro atoms. The molecule has 0 atom stereocenters. The third-order valence-corrected chi connectivity index (χ3v) is 2.67. The standard InChI is InChI=1S/C14H12N4O/c1-2-8-15-12(3-1)9-19-14-6-4-13(5-7-14)18-10-16-17-11-18/h1-8,10-11H,9H2. The van der Waals surface area contributed by atoms with Crippen LogP contribution < -0.4 is 4.74 Å². The van der Waals surface area contributed by atoms with Crippen molar-refractivity contribution < 1.29 is 4.74 Å². The minimum Gasteiger partial charge on any atom is -0.487 e. The summed E-state index contributed by atoms with van der Waals surface area (Å²) in [4.78, 5) is 4.21. The van der Waals surface area contributed by atoms with Gasteiger partial charge in [-0.05, 0) is 36.4 Å². The number of benzene rings is 1. The van der Waals surface area contributed by atoms with E-state index in [9.17, 15) is 0 Å². The molecule has 2 aromatic heterocycles. The first-order valence-corrected chi connectivity index (χ1v) is 5.89. The van der Waals surface area contributed by atoms with Crippen molar-refractivity contribution in [1.29, 1.82) is 0 Å². The molecule has 0 aliphatic heterocycles. The molecule has 0 N–H and O–H groups in total. The molecule has 0 saturated heterocycles. The minimum absolute atomic E-state index is 0.465. The van der Waals surface area contributed by atoms with Gasteiger partial charge in [0, 0.05) is 11.9 Å². The van der Waals surface area contributed by atoms with Crippen molar-refractivity contribution in [3.05, 3.63) is 67.0 Å². The summed E-state index contributed by atoms with van der Waals surface area (Å²) in [7, 11) is 0. The van der Waals surface area contributed by atoms with Crippen molar-refractivity contribution in [1.82, 2.24) is 19.7 Å². The van der Waals surface area contributed by atoms with E-state index >= 15 is 0 Å². The minimum atomic E-state index is 0.465. The van der Waals surface area contributed by atoms with E-state index in [2.05, 4.69) is 15.2 Å². The van der Waals surface area contributed by atoms with Crippen LogP contribution in [-0.4, -0.2) is 19.7 Å². The first-order valence-electron chi connectivity index (χ1n) is 5.89. The molecule has 2 heterocycles. The quantitative estimate of drug-likeness (QED) is 0.714. The van der Waals surface area contributed by atoms with E-state index in [-0.39, 0.29) is 0 Å². The second-order valence-electron chi connectivity index (χ2n) is 3.97. The van der Waals surface area contributed by atoms with Crippen LogP contribution >= 0.6 is 0 Å². The van der Waals surface area contributed by atoms with Crippen LogP contribution in [0.4, 0.5) is 0 Å². The van der Waals surface area contributed by atoms with Gasteiger partial charge < -0.3 is 4.74 Å². The van der Waals surface area contributed by atoms with Crippen molar-refractivity contribution in [2.75, 3.05) is 0 Å². The summed E-state index contributed by atoms with van der Waals surface area (Å²) in [5.41, 5.74) is 1.90. The van der Waals surface area contributed by atoms with Crippen LogP contribution in [0.3, 0.4) is 0 Å². The molecule has 94 valence electrons. The zero-order chi connectivity index (χ0) is 12.9. The Morgan fingerprint density at radius 1 is 0.947 bits per heavy atom. The molecule has 3 aromatic rings. The lowest BCUT2D eigenvalue weighted by molar-refractivity contribution is 0.301. The van der Waals surface area contributed by atoms with Crippen molar-refractivity contribution in [2.45, 2.75) is 6.61 Å². The molecular weight excluding hydrogens is 240 g/mol. The Balaban J connectivity index is 1.67. The number of rotatable bonds is 4. The number of hydrogen-bond acceptors (Lipinski definition) is 4. The predicted octanol–water partition coefficient (Wildman–Crippen LogP) is 2.24. The summed E-state index contributed by atoms with van der Waals surface area (Å²) in [6.07, 6.45) is 5.07. The van der Waals surface area contributed by atoms with E-state index in [1.54, 1.807) is 18.9 Å². The normalized spacial score (nSPS) is 10.3. The van der Waals surface area contributed by atoms with Crippen LogP contribution in [0.1, 0.15) is 5.69 Å². The van der Waals surface area contributed by atoms with Crippen molar-refractivity contribution in [3.63, 3.8) is 0 Å². The number of ether oxygens (including phenoxy) is 1. The molecule has 0 aliphatic carbocycles. The average molecular weight is 252 g/mol. The van der Waals surface area contributed by atoms with Crippen LogP contribution in [0.5, 0.6) is 5.75 Å². The number of aromatic nitrogens is 4. The summed E-state index contributed by atoms with van der Waals surface area (Å²) < 4.78 is 7.50. The zero-order valence-corrected chi connectivity index (χ0v) is 10.2. The molecule has 0 bridgehead atoms. The van der Waals surface area contributed by atoms with E-state index in [1.165, 1.54) is 0 Å². The fourth-order valence-corrected chi connectivity index (χ4v) is 1.69. The predicted molar refractivity (Wildman–Crippen MR) is 69.9 cm³/mol. The molecule has 0 saturated carbocycles. The third-order valence-electron chi connectivity index (χ3n) is 2.67. The molecule has 5 heteroatoms. The van der Waals surface area contributed by atoms with Gasteiger partial charge in [0.05, 0.1) is 5.69 Å². The summed E-state index contributed by atoms with van der Waals surface area (Å²) >= 11 is 0.